The number of nitrogens with zero attached hydrogens (tertiary/aromatic N) is 2. The predicted octanol–water partition coefficient (Wildman–Crippen LogP) is 0.0302. The number of amides is 1. The Balaban J connectivity index is 2.05. The van der Waals surface area contributed by atoms with Gasteiger partial charge in [-0.05, 0) is 24.3 Å². The van der Waals surface area contributed by atoms with Crippen molar-refractivity contribution in [2.24, 2.45) is 0 Å². The second-order valence-corrected chi connectivity index (χ2v) is 6.71. The molecular formula is C13H10N2O5S. The maximum Gasteiger partial charge on any atom is 0.352 e. The first kappa shape index (κ1) is 13.5. The zero-order chi connectivity index (χ0) is 15.2. The number of carboxylic acid groups (broad SMARTS) is 1. The van der Waals surface area contributed by atoms with Crippen molar-refractivity contribution >= 4 is 27.8 Å². The summed E-state index contributed by atoms with van der Waals surface area (Å²) in [4.78, 5) is 27.9. The summed E-state index contributed by atoms with van der Waals surface area (Å²) in [5.74, 6) is -2.34. The monoisotopic (exact) mass is 306 g/mol. The van der Waals surface area contributed by atoms with Crippen molar-refractivity contribution in [3.05, 3.63) is 47.4 Å². The average molecular weight is 306 g/mol. The third-order valence-corrected chi connectivity index (χ3v) is 5.06. The third kappa shape index (κ3) is 2.04. The second kappa shape index (κ2) is 4.52. The van der Waals surface area contributed by atoms with E-state index in [1.54, 1.807) is 18.2 Å². The van der Waals surface area contributed by atoms with Crippen LogP contribution in [0.25, 0.3) is 6.08 Å². The molecule has 0 aliphatic carbocycles. The van der Waals surface area contributed by atoms with Crippen molar-refractivity contribution in [2.45, 2.75) is 5.37 Å². The minimum atomic E-state index is -3.62. The van der Waals surface area contributed by atoms with Crippen LogP contribution >= 0.6 is 0 Å². The smallest absolute Gasteiger partial charge is 0.352 e. The van der Waals surface area contributed by atoms with Gasteiger partial charge in [-0.2, -0.15) is 0 Å². The lowest BCUT2D eigenvalue weighted by Crippen LogP contribution is -2.61. The zero-order valence-electron chi connectivity index (χ0n) is 10.6. The van der Waals surface area contributed by atoms with E-state index in [0.717, 1.165) is 11.0 Å². The molecule has 0 spiro atoms. The van der Waals surface area contributed by atoms with Crippen molar-refractivity contribution in [3.63, 3.8) is 0 Å². The van der Waals surface area contributed by atoms with Crippen molar-refractivity contribution in [1.82, 2.24) is 9.88 Å². The first-order valence-electron chi connectivity index (χ1n) is 6.03. The Morgan fingerprint density at radius 2 is 2.19 bits per heavy atom. The van der Waals surface area contributed by atoms with Crippen LogP contribution in [0, 0.1) is 0 Å². The molecule has 1 amide bonds. The molecule has 108 valence electrons. The summed E-state index contributed by atoms with van der Waals surface area (Å²) >= 11 is 0. The topological polar surface area (TPSA) is 105 Å². The largest absolute Gasteiger partial charge is 0.477 e. The van der Waals surface area contributed by atoms with Crippen molar-refractivity contribution < 1.29 is 23.1 Å². The van der Waals surface area contributed by atoms with Crippen LogP contribution in [0.3, 0.4) is 0 Å². The van der Waals surface area contributed by atoms with Gasteiger partial charge in [-0.1, -0.05) is 6.07 Å². The summed E-state index contributed by atoms with van der Waals surface area (Å²) < 4.78 is 24.1. The van der Waals surface area contributed by atoms with Crippen LogP contribution in [0.5, 0.6) is 0 Å². The molecule has 21 heavy (non-hydrogen) atoms. The van der Waals surface area contributed by atoms with E-state index >= 15 is 0 Å². The molecule has 1 N–H and O–H groups in total. The van der Waals surface area contributed by atoms with Gasteiger partial charge in [0.25, 0.3) is 5.91 Å². The molecule has 2 aliphatic heterocycles. The zero-order valence-corrected chi connectivity index (χ0v) is 11.4. The molecule has 1 fully saturated rings. The van der Waals surface area contributed by atoms with Crippen LogP contribution in [0.2, 0.25) is 0 Å². The molecule has 8 heteroatoms. The van der Waals surface area contributed by atoms with Gasteiger partial charge in [-0.3, -0.25) is 14.7 Å². The van der Waals surface area contributed by atoms with E-state index in [4.69, 9.17) is 5.11 Å². The number of aliphatic carboxylic acids is 1. The minimum Gasteiger partial charge on any atom is -0.477 e. The summed E-state index contributed by atoms with van der Waals surface area (Å²) in [6.07, 6.45) is 3.95. The number of carboxylic acids is 1. The van der Waals surface area contributed by atoms with Gasteiger partial charge in [-0.15, -0.1) is 0 Å². The number of hydrogen-bond acceptors (Lipinski definition) is 5. The maximum atomic E-state index is 12.1. The molecule has 0 radical (unpaired) electrons. The highest BCUT2D eigenvalue weighted by Gasteiger charge is 2.54. The molecule has 7 nitrogen and oxygen atoms in total. The van der Waals surface area contributed by atoms with Gasteiger partial charge in [-0.25, -0.2) is 13.2 Å². The van der Waals surface area contributed by atoms with Crippen LogP contribution in [0.1, 0.15) is 5.69 Å². The highest BCUT2D eigenvalue weighted by atomic mass is 32.2. The SMILES string of the molecule is O=C(O)C1=CCS(=O)(=O)[C@@H]2/C(=C/c3ccccn3)C(=O)N12. The number of aromatic nitrogens is 1. The van der Waals surface area contributed by atoms with E-state index in [1.165, 1.54) is 12.3 Å². The molecule has 2 aliphatic rings. The van der Waals surface area contributed by atoms with Gasteiger partial charge < -0.3 is 5.11 Å². The Morgan fingerprint density at radius 1 is 1.43 bits per heavy atom. The molecule has 3 heterocycles. The number of hydrogen-bond donors (Lipinski definition) is 1. The van der Waals surface area contributed by atoms with Crippen molar-refractivity contribution in [1.29, 1.82) is 0 Å². The number of rotatable bonds is 2. The highest BCUT2D eigenvalue weighted by molar-refractivity contribution is 7.92. The van der Waals surface area contributed by atoms with Gasteiger partial charge in [0.15, 0.2) is 15.2 Å². The second-order valence-electron chi connectivity index (χ2n) is 4.61. The summed E-state index contributed by atoms with van der Waals surface area (Å²) in [7, 11) is -3.62. The van der Waals surface area contributed by atoms with Gasteiger partial charge in [0.1, 0.15) is 5.70 Å². The van der Waals surface area contributed by atoms with Crippen molar-refractivity contribution in [2.75, 3.05) is 5.75 Å². The van der Waals surface area contributed by atoms with Crippen LogP contribution in [0.4, 0.5) is 0 Å². The minimum absolute atomic E-state index is 0.0422. The first-order chi connectivity index (χ1) is 9.92. The summed E-state index contributed by atoms with van der Waals surface area (Å²) in [5.41, 5.74) is 0.195. The summed E-state index contributed by atoms with van der Waals surface area (Å²) in [5, 5.41) is 7.80. The average Bonchev–Trinajstić information content (AvgIpc) is 2.44. The number of fused-ring (bicyclic) bond motifs is 1. The lowest BCUT2D eigenvalue weighted by molar-refractivity contribution is -0.141. The van der Waals surface area contributed by atoms with E-state index in [9.17, 15) is 18.0 Å². The van der Waals surface area contributed by atoms with Gasteiger partial charge >= 0.3 is 5.97 Å². The fourth-order valence-corrected chi connectivity index (χ4v) is 4.00. The van der Waals surface area contributed by atoms with Crippen LogP contribution in [-0.4, -0.2) is 46.4 Å². The van der Waals surface area contributed by atoms with Gasteiger partial charge in [0.2, 0.25) is 0 Å². The Morgan fingerprint density at radius 3 is 2.81 bits per heavy atom. The van der Waals surface area contributed by atoms with Gasteiger partial charge in [0, 0.05) is 6.20 Å². The molecule has 1 atom stereocenters. The standard InChI is InChI=1S/C13H10N2O5S/c16-11-9(7-8-3-1-2-5-14-8)12-15(11)10(13(17)18)4-6-21(12,19)20/h1-5,7,12H,6H2,(H,17,18)/b9-7+/t12-/m1/s1. The van der Waals surface area contributed by atoms with E-state index in [0.29, 0.717) is 5.69 Å². The fraction of sp³-hybridized carbons (Fsp3) is 0.154. The number of carbonyl (C=O) groups is 2. The Bertz CT molecular complexity index is 795. The number of β-lactam (4-membered cyclic amide) rings is 1. The predicted molar refractivity (Wildman–Crippen MR) is 72.4 cm³/mol. The lowest BCUT2D eigenvalue weighted by Gasteiger charge is -2.43. The lowest BCUT2D eigenvalue weighted by atomic mass is 10.0. The molecule has 1 saturated heterocycles. The molecule has 0 bridgehead atoms. The number of sulfone groups is 1. The fourth-order valence-electron chi connectivity index (χ4n) is 2.34. The Hall–Kier alpha value is -2.48. The molecule has 1 aromatic heterocycles. The molecule has 1 aromatic rings. The van der Waals surface area contributed by atoms with Crippen LogP contribution in [0.15, 0.2) is 41.7 Å². The van der Waals surface area contributed by atoms with E-state index < -0.39 is 32.8 Å². The van der Waals surface area contributed by atoms with Crippen molar-refractivity contribution in [3.8, 4) is 0 Å². The van der Waals surface area contributed by atoms with Gasteiger partial charge in [0.05, 0.1) is 17.0 Å². The van der Waals surface area contributed by atoms with E-state index in [1.807, 2.05) is 0 Å². The maximum absolute atomic E-state index is 12.1. The molecule has 3 rings (SSSR count). The number of pyridine rings is 1. The van der Waals surface area contributed by atoms with Crippen LogP contribution in [-0.2, 0) is 19.4 Å². The quantitative estimate of drug-likeness (QED) is 0.610. The van der Waals surface area contributed by atoms with Crippen LogP contribution < -0.4 is 0 Å². The normalized spacial score (nSPS) is 25.0. The first-order valence-corrected chi connectivity index (χ1v) is 7.74. The summed E-state index contributed by atoms with van der Waals surface area (Å²) in [6, 6.07) is 5.03. The molecular weight excluding hydrogens is 296 g/mol. The summed E-state index contributed by atoms with van der Waals surface area (Å²) in [6.45, 7) is 0. The third-order valence-electron chi connectivity index (χ3n) is 3.29. The van der Waals surface area contributed by atoms with E-state index in [-0.39, 0.29) is 11.3 Å². The Labute approximate surface area is 120 Å². The molecule has 0 unspecified atom stereocenters. The molecule has 0 saturated carbocycles. The highest BCUT2D eigenvalue weighted by Crippen LogP contribution is 2.38. The van der Waals surface area contributed by atoms with E-state index in [2.05, 4.69) is 4.98 Å². The Kier molecular flexibility index (Phi) is 2.91. The number of carbonyl (C=O) groups excluding carboxylic acids is 1. The molecule has 0 aromatic carbocycles.